The average molecular weight is 328 g/mol. The number of aliphatic hydroxyl groups is 1. The van der Waals surface area contributed by atoms with Crippen molar-refractivity contribution in [3.05, 3.63) is 47.8 Å². The van der Waals surface area contributed by atoms with E-state index in [1.54, 1.807) is 10.9 Å². The molecule has 6 nitrogen and oxygen atoms in total. The molecule has 1 aromatic heterocycles. The van der Waals surface area contributed by atoms with Gasteiger partial charge in [0.2, 0.25) is 5.91 Å². The second-order valence-corrected chi connectivity index (χ2v) is 7.00. The highest BCUT2D eigenvalue weighted by Gasteiger charge is 2.35. The molecule has 3 rings (SSSR count). The van der Waals surface area contributed by atoms with E-state index in [-0.39, 0.29) is 18.0 Å². The standard InChI is InChI=1S/C18H24N4O2/c1-18(2)9-6-10-22(18)17(24)13-21-12-15(19-20-21)11-16(23)14-7-4-3-5-8-14/h3-5,7-8,12,16,23H,6,9-11,13H2,1-2H3. The van der Waals surface area contributed by atoms with Crippen LogP contribution in [0.2, 0.25) is 0 Å². The van der Waals surface area contributed by atoms with Gasteiger partial charge in [-0.15, -0.1) is 5.10 Å². The van der Waals surface area contributed by atoms with E-state index in [1.165, 1.54) is 0 Å². The minimum atomic E-state index is -0.621. The van der Waals surface area contributed by atoms with Crippen LogP contribution < -0.4 is 0 Å². The maximum Gasteiger partial charge on any atom is 0.244 e. The molecule has 0 bridgehead atoms. The van der Waals surface area contributed by atoms with Crippen LogP contribution in [-0.4, -0.2) is 43.0 Å². The van der Waals surface area contributed by atoms with E-state index in [0.29, 0.717) is 12.1 Å². The predicted molar refractivity (Wildman–Crippen MR) is 90.2 cm³/mol. The molecule has 2 heterocycles. The molecule has 0 radical (unpaired) electrons. The number of carbonyl (C=O) groups excluding carboxylic acids is 1. The van der Waals surface area contributed by atoms with Crippen molar-refractivity contribution in [1.29, 1.82) is 0 Å². The zero-order valence-corrected chi connectivity index (χ0v) is 14.2. The van der Waals surface area contributed by atoms with Crippen LogP contribution in [0.5, 0.6) is 0 Å². The Bertz CT molecular complexity index is 696. The molecule has 1 fully saturated rings. The van der Waals surface area contributed by atoms with Crippen molar-refractivity contribution in [2.24, 2.45) is 0 Å². The number of hydrogen-bond acceptors (Lipinski definition) is 4. The Balaban J connectivity index is 1.60. The fraction of sp³-hybridized carbons (Fsp3) is 0.500. The molecule has 1 N–H and O–H groups in total. The van der Waals surface area contributed by atoms with Crippen LogP contribution in [0, 0.1) is 0 Å². The van der Waals surface area contributed by atoms with E-state index in [0.717, 1.165) is 24.9 Å². The van der Waals surface area contributed by atoms with Crippen molar-refractivity contribution in [3.8, 4) is 0 Å². The number of rotatable bonds is 5. The van der Waals surface area contributed by atoms with Gasteiger partial charge in [-0.3, -0.25) is 4.79 Å². The Morgan fingerprint density at radius 3 is 2.75 bits per heavy atom. The first-order valence-corrected chi connectivity index (χ1v) is 8.38. The van der Waals surface area contributed by atoms with Crippen molar-refractivity contribution < 1.29 is 9.90 Å². The molecule has 24 heavy (non-hydrogen) atoms. The summed E-state index contributed by atoms with van der Waals surface area (Å²) in [5, 5.41) is 18.4. The molecule has 2 aromatic rings. The van der Waals surface area contributed by atoms with Crippen molar-refractivity contribution in [3.63, 3.8) is 0 Å². The number of hydrogen-bond donors (Lipinski definition) is 1. The Morgan fingerprint density at radius 2 is 2.08 bits per heavy atom. The lowest BCUT2D eigenvalue weighted by atomic mass is 10.0. The summed E-state index contributed by atoms with van der Waals surface area (Å²) < 4.78 is 1.56. The molecule has 0 spiro atoms. The third-order valence-electron chi connectivity index (χ3n) is 4.67. The lowest BCUT2D eigenvalue weighted by Gasteiger charge is -2.31. The van der Waals surface area contributed by atoms with E-state index >= 15 is 0 Å². The number of nitrogens with zero attached hydrogens (tertiary/aromatic N) is 4. The van der Waals surface area contributed by atoms with Gasteiger partial charge in [-0.2, -0.15) is 0 Å². The Morgan fingerprint density at radius 1 is 1.33 bits per heavy atom. The highest BCUT2D eigenvalue weighted by molar-refractivity contribution is 5.77. The number of likely N-dealkylation sites (tertiary alicyclic amines) is 1. The predicted octanol–water partition coefficient (Wildman–Crippen LogP) is 1.96. The minimum Gasteiger partial charge on any atom is -0.388 e. The summed E-state index contributed by atoms with van der Waals surface area (Å²) in [6.45, 7) is 5.19. The number of benzene rings is 1. The van der Waals surface area contributed by atoms with Gasteiger partial charge >= 0.3 is 0 Å². The highest BCUT2D eigenvalue weighted by Crippen LogP contribution is 2.28. The molecule has 1 aliphatic rings. The van der Waals surface area contributed by atoms with Crippen molar-refractivity contribution in [1.82, 2.24) is 19.9 Å². The van der Waals surface area contributed by atoms with Gasteiger partial charge in [0.1, 0.15) is 6.54 Å². The van der Waals surface area contributed by atoms with Gasteiger partial charge < -0.3 is 10.0 Å². The molecule has 0 saturated carbocycles. The van der Waals surface area contributed by atoms with Crippen LogP contribution in [0.3, 0.4) is 0 Å². The van der Waals surface area contributed by atoms with Crippen LogP contribution in [0.1, 0.15) is 44.1 Å². The Labute approximate surface area is 142 Å². The van der Waals surface area contributed by atoms with Gasteiger partial charge in [-0.05, 0) is 32.3 Å². The van der Waals surface area contributed by atoms with Crippen LogP contribution >= 0.6 is 0 Å². The molecule has 1 aromatic carbocycles. The van der Waals surface area contributed by atoms with Crippen molar-refractivity contribution >= 4 is 5.91 Å². The molecule has 1 unspecified atom stereocenters. The molecule has 128 valence electrons. The first kappa shape index (κ1) is 16.6. The smallest absolute Gasteiger partial charge is 0.244 e. The molecule has 0 aliphatic carbocycles. The third-order valence-corrected chi connectivity index (χ3v) is 4.67. The van der Waals surface area contributed by atoms with Crippen LogP contribution in [-0.2, 0) is 17.8 Å². The van der Waals surface area contributed by atoms with E-state index in [1.807, 2.05) is 35.2 Å². The van der Waals surface area contributed by atoms with Crippen LogP contribution in [0.4, 0.5) is 0 Å². The molecule has 1 saturated heterocycles. The van der Waals surface area contributed by atoms with Gasteiger partial charge in [0, 0.05) is 24.7 Å². The number of aliphatic hydroxyl groups excluding tert-OH is 1. The SMILES string of the molecule is CC1(C)CCCN1C(=O)Cn1cc(CC(O)c2ccccc2)nn1. The largest absolute Gasteiger partial charge is 0.388 e. The summed E-state index contributed by atoms with van der Waals surface area (Å²) >= 11 is 0. The van der Waals surface area contributed by atoms with Gasteiger partial charge in [0.05, 0.1) is 11.8 Å². The highest BCUT2D eigenvalue weighted by atomic mass is 16.3. The summed E-state index contributed by atoms with van der Waals surface area (Å²) in [6, 6.07) is 9.47. The monoisotopic (exact) mass is 328 g/mol. The van der Waals surface area contributed by atoms with Gasteiger partial charge in [0.15, 0.2) is 0 Å². The molecule has 1 amide bonds. The first-order chi connectivity index (χ1) is 11.5. The van der Waals surface area contributed by atoms with Gasteiger partial charge in [-0.1, -0.05) is 35.5 Å². The Hall–Kier alpha value is -2.21. The van der Waals surface area contributed by atoms with Crippen LogP contribution in [0.25, 0.3) is 0 Å². The second kappa shape index (κ2) is 6.73. The van der Waals surface area contributed by atoms with E-state index < -0.39 is 6.10 Å². The van der Waals surface area contributed by atoms with Gasteiger partial charge in [-0.25, -0.2) is 4.68 Å². The van der Waals surface area contributed by atoms with E-state index in [2.05, 4.69) is 24.2 Å². The van der Waals surface area contributed by atoms with E-state index in [4.69, 9.17) is 0 Å². The maximum atomic E-state index is 12.5. The lowest BCUT2D eigenvalue weighted by molar-refractivity contribution is -0.135. The zero-order chi connectivity index (χ0) is 17.2. The fourth-order valence-corrected chi connectivity index (χ4v) is 3.29. The van der Waals surface area contributed by atoms with Crippen molar-refractivity contribution in [2.45, 2.75) is 51.3 Å². The van der Waals surface area contributed by atoms with Crippen molar-refractivity contribution in [2.75, 3.05) is 6.54 Å². The molecular formula is C18H24N4O2. The lowest BCUT2D eigenvalue weighted by Crippen LogP contribution is -2.44. The number of amides is 1. The summed E-state index contributed by atoms with van der Waals surface area (Å²) in [5.41, 5.74) is 1.45. The first-order valence-electron chi connectivity index (χ1n) is 8.38. The van der Waals surface area contributed by atoms with Crippen LogP contribution in [0.15, 0.2) is 36.5 Å². The fourth-order valence-electron chi connectivity index (χ4n) is 3.29. The summed E-state index contributed by atoms with van der Waals surface area (Å²) in [5.74, 6) is 0.0672. The number of carbonyl (C=O) groups is 1. The molecule has 1 atom stereocenters. The minimum absolute atomic E-state index is 0.0672. The summed E-state index contributed by atoms with van der Waals surface area (Å²) in [7, 11) is 0. The third kappa shape index (κ3) is 3.64. The average Bonchev–Trinajstić information content (AvgIpc) is 3.13. The summed E-state index contributed by atoms with van der Waals surface area (Å²) in [6.07, 6.45) is 3.58. The quantitative estimate of drug-likeness (QED) is 0.911. The summed E-state index contributed by atoms with van der Waals surface area (Å²) in [4.78, 5) is 14.4. The molecule has 6 heteroatoms. The normalized spacial score (nSPS) is 17.9. The van der Waals surface area contributed by atoms with Gasteiger partial charge in [0.25, 0.3) is 0 Å². The maximum absolute atomic E-state index is 12.5. The second-order valence-electron chi connectivity index (χ2n) is 7.00. The molecular weight excluding hydrogens is 304 g/mol. The number of aromatic nitrogens is 3. The van der Waals surface area contributed by atoms with E-state index in [9.17, 15) is 9.90 Å². The molecule has 1 aliphatic heterocycles. The topological polar surface area (TPSA) is 71.2 Å². The zero-order valence-electron chi connectivity index (χ0n) is 14.2. The Kier molecular flexibility index (Phi) is 4.66.